The molecular weight excluding hydrogens is 406 g/mol. The molecule has 0 aliphatic carbocycles. The highest BCUT2D eigenvalue weighted by molar-refractivity contribution is 5.87. The topological polar surface area (TPSA) is 88.5 Å². The van der Waals surface area contributed by atoms with Gasteiger partial charge in [-0.2, -0.15) is 5.10 Å². The smallest absolute Gasteiger partial charge is 0.248 e. The van der Waals surface area contributed by atoms with Gasteiger partial charge in [0.05, 0.1) is 12.6 Å². The molecule has 30 heavy (non-hydrogen) atoms. The van der Waals surface area contributed by atoms with Crippen molar-refractivity contribution in [3.05, 3.63) is 48.8 Å². The molecule has 0 radical (unpaired) electrons. The highest BCUT2D eigenvalue weighted by Crippen LogP contribution is 2.28. The number of nitrogens with zero attached hydrogens (tertiary/aromatic N) is 3. The number of nitrogens with one attached hydrogen (secondary N) is 2. The molecule has 2 amide bonds. The average Bonchev–Trinajstić information content (AvgIpc) is 3.40. The number of piperidine rings is 1. The third-order valence-corrected chi connectivity index (χ3v) is 5.72. The van der Waals surface area contributed by atoms with Crippen LogP contribution in [0.2, 0.25) is 0 Å². The minimum atomic E-state index is -0.693. The van der Waals surface area contributed by atoms with Crippen LogP contribution in [0.1, 0.15) is 19.3 Å². The number of hydrogen-bond acceptors (Lipinski definition) is 5. The lowest BCUT2D eigenvalue weighted by molar-refractivity contribution is -0.132. The highest BCUT2D eigenvalue weighted by Gasteiger charge is 2.43. The lowest BCUT2D eigenvalue weighted by atomic mass is 9.87. The van der Waals surface area contributed by atoms with Crippen LogP contribution in [0.5, 0.6) is 5.75 Å². The van der Waals surface area contributed by atoms with Gasteiger partial charge in [-0.15, -0.1) is 12.4 Å². The van der Waals surface area contributed by atoms with Crippen molar-refractivity contribution in [2.45, 2.75) is 30.8 Å². The zero-order valence-electron chi connectivity index (χ0n) is 16.8. The monoisotopic (exact) mass is 433 g/mol. The van der Waals surface area contributed by atoms with Gasteiger partial charge < -0.3 is 20.3 Å². The molecule has 162 valence electrons. The number of carbonyl (C=O) groups is 2. The van der Waals surface area contributed by atoms with Gasteiger partial charge in [0.2, 0.25) is 11.8 Å². The summed E-state index contributed by atoms with van der Waals surface area (Å²) in [6.07, 6.45) is 5.22. The number of carbonyl (C=O) groups excluding carboxylic acids is 2. The Morgan fingerprint density at radius 2 is 2.00 bits per heavy atom. The zero-order valence-corrected chi connectivity index (χ0v) is 17.6. The first-order chi connectivity index (χ1) is 14.2. The number of para-hydroxylation sites is 1. The van der Waals surface area contributed by atoms with Gasteiger partial charge in [-0.25, -0.2) is 0 Å². The molecule has 0 bridgehead atoms. The van der Waals surface area contributed by atoms with Crippen molar-refractivity contribution in [3.8, 4) is 5.75 Å². The summed E-state index contributed by atoms with van der Waals surface area (Å²) < 4.78 is 7.46. The van der Waals surface area contributed by atoms with E-state index < -0.39 is 5.54 Å². The van der Waals surface area contributed by atoms with Crippen molar-refractivity contribution < 1.29 is 14.3 Å². The SMILES string of the molecule is Cl.O=C1CC(NC(=O)C2(n3cccn3)CCNCC2)CN1CCOc1ccccc1. The van der Waals surface area contributed by atoms with Gasteiger partial charge in [-0.1, -0.05) is 18.2 Å². The van der Waals surface area contributed by atoms with Crippen LogP contribution in [0.15, 0.2) is 48.8 Å². The van der Waals surface area contributed by atoms with E-state index in [1.54, 1.807) is 15.8 Å². The largest absolute Gasteiger partial charge is 0.492 e. The molecular formula is C21H28ClN5O3. The van der Waals surface area contributed by atoms with Gasteiger partial charge in [-0.05, 0) is 44.1 Å². The third-order valence-electron chi connectivity index (χ3n) is 5.72. The van der Waals surface area contributed by atoms with Gasteiger partial charge in [-0.3, -0.25) is 14.3 Å². The van der Waals surface area contributed by atoms with Crippen molar-refractivity contribution in [2.24, 2.45) is 0 Å². The number of rotatable bonds is 7. The minimum absolute atomic E-state index is 0. The van der Waals surface area contributed by atoms with E-state index in [4.69, 9.17) is 4.74 Å². The predicted octanol–water partition coefficient (Wildman–Crippen LogP) is 1.18. The molecule has 8 nitrogen and oxygen atoms in total. The summed E-state index contributed by atoms with van der Waals surface area (Å²) in [6.45, 7) is 2.98. The average molecular weight is 434 g/mol. The summed E-state index contributed by atoms with van der Waals surface area (Å²) in [6, 6.07) is 11.2. The van der Waals surface area contributed by atoms with E-state index in [2.05, 4.69) is 15.7 Å². The lowest BCUT2D eigenvalue weighted by Gasteiger charge is -2.37. The van der Waals surface area contributed by atoms with Crippen LogP contribution in [-0.2, 0) is 15.1 Å². The fourth-order valence-electron chi connectivity index (χ4n) is 4.12. The van der Waals surface area contributed by atoms with E-state index in [1.165, 1.54) is 0 Å². The molecule has 2 fully saturated rings. The van der Waals surface area contributed by atoms with Crippen LogP contribution in [-0.4, -0.2) is 65.3 Å². The Bertz CT molecular complexity index is 824. The Labute approximate surface area is 182 Å². The van der Waals surface area contributed by atoms with Crippen molar-refractivity contribution >= 4 is 24.2 Å². The van der Waals surface area contributed by atoms with Gasteiger partial charge in [0.1, 0.15) is 17.9 Å². The standard InChI is InChI=1S/C21H27N5O3.ClH/c27-19-15-17(16-25(19)13-14-29-18-5-2-1-3-6-18)24-20(28)21(7-10-22-11-8-21)26-12-4-9-23-26;/h1-6,9,12,17,22H,7-8,10-11,13-16H2,(H,24,28);1H. The van der Waals surface area contributed by atoms with Crippen molar-refractivity contribution in [1.29, 1.82) is 0 Å². The van der Waals surface area contributed by atoms with E-state index in [-0.39, 0.29) is 30.3 Å². The van der Waals surface area contributed by atoms with Crippen LogP contribution < -0.4 is 15.4 Å². The van der Waals surface area contributed by atoms with Crippen LogP contribution in [0, 0.1) is 0 Å². The summed E-state index contributed by atoms with van der Waals surface area (Å²) in [4.78, 5) is 27.4. The van der Waals surface area contributed by atoms with E-state index in [0.29, 0.717) is 39.0 Å². The number of benzene rings is 1. The van der Waals surface area contributed by atoms with E-state index in [0.717, 1.165) is 18.8 Å². The minimum Gasteiger partial charge on any atom is -0.492 e. The van der Waals surface area contributed by atoms with Crippen LogP contribution in [0.4, 0.5) is 0 Å². The summed E-state index contributed by atoms with van der Waals surface area (Å²) in [5.41, 5.74) is -0.693. The van der Waals surface area contributed by atoms with Crippen molar-refractivity contribution in [1.82, 2.24) is 25.3 Å². The fraction of sp³-hybridized carbons (Fsp3) is 0.476. The second kappa shape index (κ2) is 9.95. The normalized spacial score (nSPS) is 20.5. The van der Waals surface area contributed by atoms with E-state index in [9.17, 15) is 9.59 Å². The van der Waals surface area contributed by atoms with Crippen LogP contribution in [0.25, 0.3) is 0 Å². The maximum Gasteiger partial charge on any atom is 0.248 e. The first-order valence-corrected chi connectivity index (χ1v) is 10.1. The Kier molecular flexibility index (Phi) is 7.33. The highest BCUT2D eigenvalue weighted by atomic mass is 35.5. The molecule has 2 saturated heterocycles. The van der Waals surface area contributed by atoms with Gasteiger partial charge in [0.25, 0.3) is 0 Å². The molecule has 4 rings (SSSR count). The Morgan fingerprint density at radius 3 is 2.70 bits per heavy atom. The number of ether oxygens (including phenoxy) is 1. The van der Waals surface area contributed by atoms with Crippen molar-refractivity contribution in [3.63, 3.8) is 0 Å². The summed E-state index contributed by atoms with van der Waals surface area (Å²) in [5.74, 6) is 0.782. The molecule has 2 aliphatic rings. The first-order valence-electron chi connectivity index (χ1n) is 10.1. The van der Waals surface area contributed by atoms with Gasteiger partial charge in [0.15, 0.2) is 0 Å². The Hall–Kier alpha value is -2.58. The second-order valence-electron chi connectivity index (χ2n) is 7.61. The summed E-state index contributed by atoms with van der Waals surface area (Å²) in [5, 5.41) is 10.8. The second-order valence-corrected chi connectivity index (χ2v) is 7.61. The first kappa shape index (κ1) is 22.1. The fourth-order valence-corrected chi connectivity index (χ4v) is 4.12. The molecule has 1 aromatic heterocycles. The molecule has 0 saturated carbocycles. The van der Waals surface area contributed by atoms with Crippen LogP contribution >= 0.6 is 12.4 Å². The Balaban J connectivity index is 0.00000256. The van der Waals surface area contributed by atoms with Gasteiger partial charge >= 0.3 is 0 Å². The molecule has 0 spiro atoms. The van der Waals surface area contributed by atoms with E-state index in [1.807, 2.05) is 42.6 Å². The quantitative estimate of drug-likeness (QED) is 0.684. The number of amides is 2. The Morgan fingerprint density at radius 1 is 1.23 bits per heavy atom. The number of aromatic nitrogens is 2. The molecule has 1 atom stereocenters. The third kappa shape index (κ3) is 4.76. The molecule has 2 aromatic rings. The predicted molar refractivity (Wildman–Crippen MR) is 115 cm³/mol. The maximum absolute atomic E-state index is 13.2. The molecule has 1 unspecified atom stereocenters. The zero-order chi connectivity index (χ0) is 20.1. The number of hydrogen-bond donors (Lipinski definition) is 2. The molecule has 2 aliphatic heterocycles. The van der Waals surface area contributed by atoms with Crippen LogP contribution in [0.3, 0.4) is 0 Å². The number of likely N-dealkylation sites (tertiary alicyclic amines) is 1. The lowest BCUT2D eigenvalue weighted by Crippen LogP contribution is -2.56. The summed E-state index contributed by atoms with van der Waals surface area (Å²) >= 11 is 0. The number of halogens is 1. The van der Waals surface area contributed by atoms with Crippen molar-refractivity contribution in [2.75, 3.05) is 32.8 Å². The van der Waals surface area contributed by atoms with E-state index >= 15 is 0 Å². The molecule has 2 N–H and O–H groups in total. The summed E-state index contributed by atoms with van der Waals surface area (Å²) in [7, 11) is 0. The molecule has 9 heteroatoms. The van der Waals surface area contributed by atoms with Gasteiger partial charge in [0, 0.05) is 25.4 Å². The molecule has 1 aromatic carbocycles. The maximum atomic E-state index is 13.2. The molecule has 3 heterocycles.